The van der Waals surface area contributed by atoms with E-state index in [9.17, 15) is 43.7 Å². The number of benzene rings is 1. The largest absolute Gasteiger partial charge is 0.463 e. The first kappa shape index (κ1) is 42.0. The van der Waals surface area contributed by atoms with Gasteiger partial charge in [0.15, 0.2) is 30.7 Å². The number of rotatable bonds is 14. The number of hydrogen-bond donors (Lipinski definition) is 0. The second kappa shape index (κ2) is 18.9. The molecule has 0 aliphatic carbocycles. The molecule has 0 aromatic heterocycles. The number of carbonyl (C=O) groups excluding carboxylic acids is 7. The topological polar surface area (TPSA) is 264 Å². The van der Waals surface area contributed by atoms with Crippen LogP contribution in [0, 0.1) is 10.1 Å². The highest BCUT2D eigenvalue weighted by Crippen LogP contribution is 2.36. The third-order valence-corrected chi connectivity index (χ3v) is 7.19. The van der Waals surface area contributed by atoms with E-state index in [0.29, 0.717) is 0 Å². The van der Waals surface area contributed by atoms with Crippen LogP contribution in [0.1, 0.15) is 48.5 Å². The summed E-state index contributed by atoms with van der Waals surface area (Å²) in [6.07, 6.45) is -16.4. The van der Waals surface area contributed by atoms with E-state index < -0.39 is 121 Å². The minimum atomic E-state index is -1.85. The SMILES string of the molecule is CC(=O)OC[C@H]1O[C@H](O[C@H]2[C@H](OC(C)=O)[C@@H](OC(C)=O)[C@H](Oc3ccc([N+](=O)[O-])cc3)O[C@@H]2COC(C)=O)[C@H](OC(C)=O)[C@@H](OC(C)=O)[C@@H]1OC(C)=O. The average Bonchev–Trinajstić information content (AvgIpc) is 3.03. The summed E-state index contributed by atoms with van der Waals surface area (Å²) in [4.78, 5) is 96.0. The fourth-order valence-corrected chi connectivity index (χ4v) is 5.35. The van der Waals surface area contributed by atoms with Crippen molar-refractivity contribution in [2.24, 2.45) is 0 Å². The predicted octanol–water partition coefficient (Wildman–Crippen LogP) is 0.593. The van der Waals surface area contributed by atoms with Crippen LogP contribution in [0.3, 0.4) is 0 Å². The summed E-state index contributed by atoms with van der Waals surface area (Å²) in [7, 11) is 0. The molecule has 21 heteroatoms. The van der Waals surface area contributed by atoms with E-state index in [1.165, 1.54) is 12.1 Å². The zero-order valence-electron chi connectivity index (χ0n) is 29.6. The van der Waals surface area contributed by atoms with Crippen molar-refractivity contribution in [2.45, 2.75) is 110 Å². The maximum Gasteiger partial charge on any atom is 0.303 e. The quantitative estimate of drug-likeness (QED) is 0.109. The molecule has 1 aromatic rings. The van der Waals surface area contributed by atoms with Gasteiger partial charge in [-0.3, -0.25) is 43.7 Å². The van der Waals surface area contributed by atoms with Gasteiger partial charge in [-0.2, -0.15) is 0 Å². The fraction of sp³-hybridized carbons (Fsp3) is 0.594. The van der Waals surface area contributed by atoms with Crippen LogP contribution in [-0.4, -0.2) is 121 Å². The second-order valence-corrected chi connectivity index (χ2v) is 11.5. The number of nitro benzene ring substituents is 1. The number of carbonyl (C=O) groups is 7. The smallest absolute Gasteiger partial charge is 0.303 e. The molecule has 2 saturated heterocycles. The lowest BCUT2D eigenvalue weighted by atomic mass is 9.96. The Morgan fingerprint density at radius 1 is 0.547 bits per heavy atom. The van der Waals surface area contributed by atoms with E-state index >= 15 is 0 Å². The third-order valence-electron chi connectivity index (χ3n) is 7.19. The molecule has 2 aliphatic heterocycles. The summed E-state index contributed by atoms with van der Waals surface area (Å²) in [6.45, 7) is 6.00. The van der Waals surface area contributed by atoms with Crippen LogP contribution in [0.25, 0.3) is 0 Å². The molecule has 0 spiro atoms. The first-order chi connectivity index (χ1) is 24.9. The van der Waals surface area contributed by atoms with E-state index in [-0.39, 0.29) is 11.4 Å². The van der Waals surface area contributed by atoms with Crippen molar-refractivity contribution in [2.75, 3.05) is 13.2 Å². The van der Waals surface area contributed by atoms with Crippen molar-refractivity contribution in [1.82, 2.24) is 0 Å². The molecule has 0 bridgehead atoms. The average molecular weight is 758 g/mol. The highest BCUT2D eigenvalue weighted by molar-refractivity contribution is 5.69. The zero-order chi connectivity index (χ0) is 39.6. The van der Waals surface area contributed by atoms with E-state index in [4.69, 9.17) is 52.1 Å². The van der Waals surface area contributed by atoms with Gasteiger partial charge in [0.2, 0.25) is 12.4 Å². The standard InChI is InChI=1S/C32H39NO20/c1-14(34)43-12-23-25(45-16(3)36)27(46-17(4)37)30(49-20(7)40)32(52-23)53-26-24(13-44-15(2)35)51-31(29(48-19(6)39)28(26)47-18(5)38)50-22-10-8-21(9-11-22)33(41)42/h8-11,23-32H,12-13H2,1-7H3/t23-,24-,25-,26-,27+,28+,29-,30-,31-,32-/m1/s1. The molecule has 2 fully saturated rings. The molecule has 292 valence electrons. The molecule has 21 nitrogen and oxygen atoms in total. The fourth-order valence-electron chi connectivity index (χ4n) is 5.35. The van der Waals surface area contributed by atoms with Crippen molar-refractivity contribution < 1.29 is 90.6 Å². The van der Waals surface area contributed by atoms with Crippen LogP contribution in [0.15, 0.2) is 24.3 Å². The second-order valence-electron chi connectivity index (χ2n) is 11.5. The zero-order valence-corrected chi connectivity index (χ0v) is 29.6. The molecule has 2 heterocycles. The Morgan fingerprint density at radius 3 is 1.36 bits per heavy atom. The maximum absolute atomic E-state index is 12.5. The van der Waals surface area contributed by atoms with Gasteiger partial charge in [-0.1, -0.05) is 0 Å². The first-order valence-corrected chi connectivity index (χ1v) is 15.9. The Morgan fingerprint density at radius 2 is 0.925 bits per heavy atom. The number of non-ortho nitro benzene ring substituents is 1. The Bertz CT molecular complexity index is 1530. The number of ether oxygens (including phenoxy) is 11. The van der Waals surface area contributed by atoms with E-state index in [1.807, 2.05) is 0 Å². The van der Waals surface area contributed by atoms with Gasteiger partial charge in [0.25, 0.3) is 5.69 Å². The number of nitro groups is 1. The van der Waals surface area contributed by atoms with E-state index in [2.05, 4.69) is 0 Å². The van der Waals surface area contributed by atoms with Crippen LogP contribution in [-0.2, 0) is 80.9 Å². The normalized spacial score (nSPS) is 27.9. The molecule has 3 rings (SSSR count). The van der Waals surface area contributed by atoms with E-state index in [1.54, 1.807) is 0 Å². The number of hydrogen-bond acceptors (Lipinski definition) is 20. The molecule has 53 heavy (non-hydrogen) atoms. The maximum atomic E-state index is 12.5. The molecule has 1 aromatic carbocycles. The van der Waals surface area contributed by atoms with Crippen molar-refractivity contribution in [1.29, 1.82) is 0 Å². The summed E-state index contributed by atoms with van der Waals surface area (Å²) in [5, 5.41) is 11.2. The van der Waals surface area contributed by atoms with Gasteiger partial charge >= 0.3 is 41.8 Å². The molecular formula is C32H39NO20. The Labute approximate surface area is 301 Å². The molecule has 0 amide bonds. The molecular weight excluding hydrogens is 718 g/mol. The highest BCUT2D eigenvalue weighted by atomic mass is 16.8. The summed E-state index contributed by atoms with van der Waals surface area (Å²) in [5.41, 5.74) is -0.276. The van der Waals surface area contributed by atoms with Gasteiger partial charge < -0.3 is 52.1 Å². The van der Waals surface area contributed by atoms with Crippen LogP contribution >= 0.6 is 0 Å². The highest BCUT2D eigenvalue weighted by Gasteiger charge is 2.58. The number of nitrogens with zero attached hydrogens (tertiary/aromatic N) is 1. The lowest BCUT2D eigenvalue weighted by Crippen LogP contribution is -2.67. The minimum Gasteiger partial charge on any atom is -0.463 e. The van der Waals surface area contributed by atoms with Crippen LogP contribution in [0.2, 0.25) is 0 Å². The summed E-state index contributed by atoms with van der Waals surface area (Å²) < 4.78 is 61.9. The first-order valence-electron chi connectivity index (χ1n) is 15.9. The molecule has 2 aliphatic rings. The van der Waals surface area contributed by atoms with Gasteiger partial charge in [-0.05, 0) is 12.1 Å². The monoisotopic (exact) mass is 757 g/mol. The van der Waals surface area contributed by atoms with Gasteiger partial charge in [0, 0.05) is 60.6 Å². The van der Waals surface area contributed by atoms with Gasteiger partial charge in [0.05, 0.1) is 4.92 Å². The third kappa shape index (κ3) is 12.4. The van der Waals surface area contributed by atoms with Gasteiger partial charge in [-0.15, -0.1) is 0 Å². The summed E-state index contributed by atoms with van der Waals surface area (Å²) >= 11 is 0. The van der Waals surface area contributed by atoms with Crippen LogP contribution < -0.4 is 4.74 Å². The Balaban J connectivity index is 2.16. The van der Waals surface area contributed by atoms with Crippen LogP contribution in [0.4, 0.5) is 5.69 Å². The van der Waals surface area contributed by atoms with Crippen molar-refractivity contribution >= 4 is 47.5 Å². The van der Waals surface area contributed by atoms with Crippen molar-refractivity contribution in [3.05, 3.63) is 34.4 Å². The summed E-state index contributed by atoms with van der Waals surface area (Å²) in [6, 6.07) is 4.67. The predicted molar refractivity (Wildman–Crippen MR) is 167 cm³/mol. The lowest BCUT2D eigenvalue weighted by Gasteiger charge is -2.48. The summed E-state index contributed by atoms with van der Waals surface area (Å²) in [5.74, 6) is -6.22. The molecule has 0 N–H and O–H groups in total. The van der Waals surface area contributed by atoms with Crippen LogP contribution in [0.5, 0.6) is 5.75 Å². The molecule has 0 saturated carbocycles. The molecule has 0 radical (unpaired) electrons. The molecule has 0 unspecified atom stereocenters. The van der Waals surface area contributed by atoms with E-state index in [0.717, 1.165) is 60.6 Å². The van der Waals surface area contributed by atoms with Gasteiger partial charge in [0.1, 0.15) is 37.3 Å². The minimum absolute atomic E-state index is 0.0236. The lowest BCUT2D eigenvalue weighted by molar-refractivity contribution is -0.384. The van der Waals surface area contributed by atoms with Crippen molar-refractivity contribution in [3.8, 4) is 5.75 Å². The number of esters is 7. The van der Waals surface area contributed by atoms with Gasteiger partial charge in [-0.25, -0.2) is 0 Å². The molecule has 10 atom stereocenters. The Hall–Kier alpha value is -5.41. The van der Waals surface area contributed by atoms with Crippen molar-refractivity contribution in [3.63, 3.8) is 0 Å². The Kier molecular flexibility index (Phi) is 15.0.